The summed E-state index contributed by atoms with van der Waals surface area (Å²) >= 11 is 5.76. The van der Waals surface area contributed by atoms with Gasteiger partial charge < -0.3 is 5.32 Å². The summed E-state index contributed by atoms with van der Waals surface area (Å²) in [4.78, 5) is 52.8. The van der Waals surface area contributed by atoms with Crippen LogP contribution in [0.5, 0.6) is 0 Å². The van der Waals surface area contributed by atoms with Crippen molar-refractivity contribution in [1.29, 1.82) is 0 Å². The monoisotopic (exact) mass is 422 g/mol. The van der Waals surface area contributed by atoms with Gasteiger partial charge in [0.1, 0.15) is 5.82 Å². The molecule has 0 radical (unpaired) electrons. The van der Waals surface area contributed by atoms with Gasteiger partial charge in [0.25, 0.3) is 23.4 Å². The number of rotatable bonds is 4. The number of halogens is 1. The Morgan fingerprint density at radius 2 is 1.70 bits per heavy atom. The lowest BCUT2D eigenvalue weighted by molar-refractivity contribution is -0.384. The first kappa shape index (κ1) is 19.2. The predicted molar refractivity (Wildman–Crippen MR) is 108 cm³/mol. The molecule has 9 nitrogen and oxygen atoms in total. The predicted octanol–water partition coefficient (Wildman–Crippen LogP) is 3.70. The first-order valence-corrected chi connectivity index (χ1v) is 8.93. The van der Waals surface area contributed by atoms with E-state index in [1.54, 1.807) is 12.1 Å². The van der Waals surface area contributed by atoms with E-state index >= 15 is 0 Å². The molecular weight excluding hydrogens is 412 g/mol. The summed E-state index contributed by atoms with van der Waals surface area (Å²) in [5, 5.41) is 14.0. The van der Waals surface area contributed by atoms with Gasteiger partial charge in [0, 0.05) is 23.9 Å². The summed E-state index contributed by atoms with van der Waals surface area (Å²) in [6, 6.07) is 12.4. The molecule has 3 aromatic rings. The van der Waals surface area contributed by atoms with E-state index < -0.39 is 22.6 Å². The lowest BCUT2D eigenvalue weighted by Gasteiger charge is -2.14. The van der Waals surface area contributed by atoms with Gasteiger partial charge in [-0.1, -0.05) is 11.6 Å². The minimum Gasteiger partial charge on any atom is -0.307 e. The molecule has 3 amide bonds. The molecule has 1 aliphatic heterocycles. The Morgan fingerprint density at radius 3 is 2.33 bits per heavy atom. The number of nitro groups is 1. The number of anilines is 2. The first-order valence-electron chi connectivity index (χ1n) is 8.55. The van der Waals surface area contributed by atoms with Gasteiger partial charge in [-0.15, -0.1) is 0 Å². The molecule has 1 aliphatic rings. The number of non-ortho nitro benzene ring substituents is 1. The van der Waals surface area contributed by atoms with Gasteiger partial charge in [-0.3, -0.25) is 24.5 Å². The number of hydrogen-bond acceptors (Lipinski definition) is 6. The van der Waals surface area contributed by atoms with E-state index in [9.17, 15) is 24.5 Å². The highest BCUT2D eigenvalue weighted by atomic mass is 35.5. The third-order valence-corrected chi connectivity index (χ3v) is 4.66. The van der Waals surface area contributed by atoms with Crippen LogP contribution in [-0.4, -0.2) is 27.6 Å². The number of pyridine rings is 1. The van der Waals surface area contributed by atoms with E-state index in [2.05, 4.69) is 10.3 Å². The first-order chi connectivity index (χ1) is 14.3. The Labute approximate surface area is 174 Å². The molecule has 30 heavy (non-hydrogen) atoms. The van der Waals surface area contributed by atoms with E-state index in [0.29, 0.717) is 10.8 Å². The second kappa shape index (κ2) is 7.37. The van der Waals surface area contributed by atoms with Crippen molar-refractivity contribution in [3.8, 4) is 0 Å². The molecule has 0 fully saturated rings. The number of carbonyl (C=O) groups excluding carboxylic acids is 3. The Hall–Kier alpha value is -4.11. The SMILES string of the molecule is O=C(Nc1ccc(Cl)cn1)c1ccc(N2C(=O)c3ccc([N+](=O)[O-])cc3C2=O)cc1. The molecular formula is C20H11ClN4O5. The molecule has 4 rings (SSSR count). The smallest absolute Gasteiger partial charge is 0.270 e. The van der Waals surface area contributed by atoms with E-state index in [4.69, 9.17) is 11.6 Å². The molecule has 2 aromatic carbocycles. The number of nitrogens with zero attached hydrogens (tertiary/aromatic N) is 3. The average molecular weight is 423 g/mol. The van der Waals surface area contributed by atoms with Gasteiger partial charge >= 0.3 is 0 Å². The Kier molecular flexibility index (Phi) is 4.72. The third-order valence-electron chi connectivity index (χ3n) is 4.44. The summed E-state index contributed by atoms with van der Waals surface area (Å²) < 4.78 is 0. The summed E-state index contributed by atoms with van der Waals surface area (Å²) in [5.74, 6) is -1.38. The molecule has 0 saturated carbocycles. The maximum Gasteiger partial charge on any atom is 0.270 e. The lowest BCUT2D eigenvalue weighted by atomic mass is 10.1. The Morgan fingerprint density at radius 1 is 1.00 bits per heavy atom. The van der Waals surface area contributed by atoms with Gasteiger partial charge in [0.05, 0.1) is 26.8 Å². The van der Waals surface area contributed by atoms with Crippen LogP contribution in [0.25, 0.3) is 0 Å². The van der Waals surface area contributed by atoms with Crippen LogP contribution in [0.2, 0.25) is 5.02 Å². The number of imide groups is 1. The lowest BCUT2D eigenvalue weighted by Crippen LogP contribution is -2.29. The van der Waals surface area contributed by atoms with Crippen molar-refractivity contribution >= 4 is 46.5 Å². The number of hydrogen-bond donors (Lipinski definition) is 1. The number of benzene rings is 2. The summed E-state index contributed by atoms with van der Waals surface area (Å²) in [7, 11) is 0. The Balaban J connectivity index is 1.56. The van der Waals surface area contributed by atoms with Crippen molar-refractivity contribution < 1.29 is 19.3 Å². The highest BCUT2D eigenvalue weighted by molar-refractivity contribution is 6.34. The second-order valence-electron chi connectivity index (χ2n) is 6.30. The maximum atomic E-state index is 12.7. The molecule has 1 N–H and O–H groups in total. The molecule has 2 heterocycles. The molecule has 10 heteroatoms. The minimum absolute atomic E-state index is 0.0372. The topological polar surface area (TPSA) is 123 Å². The van der Waals surface area contributed by atoms with Crippen molar-refractivity contribution in [2.75, 3.05) is 10.2 Å². The largest absolute Gasteiger partial charge is 0.307 e. The number of carbonyl (C=O) groups is 3. The number of fused-ring (bicyclic) bond motifs is 1. The molecule has 0 saturated heterocycles. The van der Waals surface area contributed by atoms with Crippen molar-refractivity contribution in [1.82, 2.24) is 4.98 Å². The van der Waals surface area contributed by atoms with Gasteiger partial charge in [-0.05, 0) is 42.5 Å². The van der Waals surface area contributed by atoms with Gasteiger partial charge in [-0.25, -0.2) is 9.88 Å². The van der Waals surface area contributed by atoms with Gasteiger partial charge in [0.2, 0.25) is 0 Å². The average Bonchev–Trinajstić information content (AvgIpc) is 2.99. The standard InChI is InChI=1S/C20H11ClN4O5/c21-12-3-8-17(22-10-12)23-18(26)11-1-4-13(5-2-11)24-19(27)15-7-6-14(25(29)30)9-16(15)20(24)28/h1-10H,(H,22,23,26). The van der Waals surface area contributed by atoms with Crippen LogP contribution >= 0.6 is 11.6 Å². The van der Waals surface area contributed by atoms with Crippen molar-refractivity contribution in [2.45, 2.75) is 0 Å². The normalized spacial score (nSPS) is 12.6. The number of nitro benzene ring substituents is 1. The van der Waals surface area contributed by atoms with Crippen molar-refractivity contribution in [3.05, 3.63) is 92.6 Å². The van der Waals surface area contributed by atoms with Crippen LogP contribution in [0.15, 0.2) is 60.8 Å². The molecule has 0 atom stereocenters. The van der Waals surface area contributed by atoms with Crippen LogP contribution in [0.4, 0.5) is 17.2 Å². The fourth-order valence-corrected chi connectivity index (χ4v) is 3.09. The van der Waals surface area contributed by atoms with Crippen LogP contribution in [0, 0.1) is 10.1 Å². The molecule has 0 aliphatic carbocycles. The van der Waals surface area contributed by atoms with Crippen LogP contribution in [0.1, 0.15) is 31.1 Å². The Bertz CT molecular complexity index is 1210. The van der Waals surface area contributed by atoms with E-state index in [1.807, 2.05) is 0 Å². The minimum atomic E-state index is -0.665. The number of amides is 3. The number of aromatic nitrogens is 1. The zero-order valence-corrected chi connectivity index (χ0v) is 15.8. The quantitative estimate of drug-likeness (QED) is 0.388. The van der Waals surface area contributed by atoms with Crippen LogP contribution in [-0.2, 0) is 0 Å². The summed E-state index contributed by atoms with van der Waals surface area (Å²) in [6.07, 6.45) is 1.40. The van der Waals surface area contributed by atoms with Crippen LogP contribution < -0.4 is 10.2 Å². The van der Waals surface area contributed by atoms with Crippen molar-refractivity contribution in [2.24, 2.45) is 0 Å². The molecule has 148 valence electrons. The second-order valence-corrected chi connectivity index (χ2v) is 6.73. The zero-order valence-electron chi connectivity index (χ0n) is 15.0. The summed E-state index contributed by atoms with van der Waals surface area (Å²) in [6.45, 7) is 0. The highest BCUT2D eigenvalue weighted by Gasteiger charge is 2.37. The van der Waals surface area contributed by atoms with E-state index in [0.717, 1.165) is 11.0 Å². The molecule has 0 unspecified atom stereocenters. The highest BCUT2D eigenvalue weighted by Crippen LogP contribution is 2.31. The fraction of sp³-hybridized carbons (Fsp3) is 0. The third kappa shape index (κ3) is 3.38. The van der Waals surface area contributed by atoms with Crippen molar-refractivity contribution in [3.63, 3.8) is 0 Å². The number of nitrogens with one attached hydrogen (secondary N) is 1. The summed E-state index contributed by atoms with van der Waals surface area (Å²) in [5.41, 5.74) is 0.290. The van der Waals surface area contributed by atoms with Gasteiger partial charge in [-0.2, -0.15) is 0 Å². The molecule has 0 spiro atoms. The zero-order chi connectivity index (χ0) is 21.4. The van der Waals surface area contributed by atoms with E-state index in [-0.39, 0.29) is 28.1 Å². The molecule has 0 bridgehead atoms. The maximum absolute atomic E-state index is 12.7. The molecule has 1 aromatic heterocycles. The van der Waals surface area contributed by atoms with E-state index in [1.165, 1.54) is 42.6 Å². The van der Waals surface area contributed by atoms with Gasteiger partial charge in [0.15, 0.2) is 0 Å². The fourth-order valence-electron chi connectivity index (χ4n) is 2.98. The van der Waals surface area contributed by atoms with Crippen LogP contribution in [0.3, 0.4) is 0 Å².